The molecule has 2 aliphatic heterocycles. The normalized spacial score (nSPS) is 16.9. The Labute approximate surface area is 304 Å². The quantitative estimate of drug-likeness (QED) is 0.153. The first-order valence-corrected chi connectivity index (χ1v) is 19.7. The van der Waals surface area contributed by atoms with Gasteiger partial charge in [-0.15, -0.1) is 0 Å². The Bertz CT molecular complexity index is 2370. The van der Waals surface area contributed by atoms with Gasteiger partial charge in [-0.3, -0.25) is 9.36 Å². The summed E-state index contributed by atoms with van der Waals surface area (Å²) >= 11 is 0. The minimum atomic E-state index is -3.56. The van der Waals surface area contributed by atoms with Crippen molar-refractivity contribution in [2.75, 3.05) is 56.7 Å². The Kier molecular flexibility index (Phi) is 10.4. The number of H-pyrrole nitrogens is 1. The molecule has 4 N–H and O–H groups in total. The molecule has 21 heteroatoms. The number of nitrogens with zero attached hydrogens (tertiary/aromatic N) is 11. The molecule has 5 aromatic rings. The summed E-state index contributed by atoms with van der Waals surface area (Å²) in [7, 11) is -7.09. The molecule has 0 atom stereocenters. The van der Waals surface area contributed by atoms with Crippen molar-refractivity contribution in [2.24, 2.45) is 0 Å². The number of hydrogen-bond donors (Lipinski definition) is 3. The molecule has 0 saturated carbocycles. The summed E-state index contributed by atoms with van der Waals surface area (Å²) in [5, 5.41) is 27.8. The van der Waals surface area contributed by atoms with Crippen LogP contribution in [-0.4, -0.2) is 126 Å². The average Bonchev–Trinajstić information content (AvgIpc) is 3.88. The Morgan fingerprint density at radius 2 is 1.55 bits per heavy atom. The highest BCUT2D eigenvalue weighted by Crippen LogP contribution is 2.37. The average molecular weight is 768 g/mol. The van der Waals surface area contributed by atoms with E-state index in [4.69, 9.17) is 10.8 Å². The number of halogens is 1. The van der Waals surface area contributed by atoms with Gasteiger partial charge in [0.2, 0.25) is 20.0 Å². The van der Waals surface area contributed by atoms with Gasteiger partial charge in [0.1, 0.15) is 36.3 Å². The molecule has 280 valence electrons. The van der Waals surface area contributed by atoms with Crippen molar-refractivity contribution in [3.05, 3.63) is 61.8 Å². The number of nitriles is 1. The first kappa shape index (κ1) is 37.6. The molecule has 0 aliphatic carbocycles. The fourth-order valence-electron chi connectivity index (χ4n) is 6.45. The summed E-state index contributed by atoms with van der Waals surface area (Å²) < 4.78 is 66.7. The van der Waals surface area contributed by atoms with Crippen molar-refractivity contribution >= 4 is 43.0 Å². The van der Waals surface area contributed by atoms with E-state index in [0.717, 1.165) is 16.5 Å². The van der Waals surface area contributed by atoms with Crippen molar-refractivity contribution in [3.8, 4) is 28.6 Å². The zero-order chi connectivity index (χ0) is 38.0. The molecule has 0 aromatic carbocycles. The van der Waals surface area contributed by atoms with E-state index in [9.17, 15) is 26.5 Å². The molecule has 2 saturated heterocycles. The van der Waals surface area contributed by atoms with Crippen LogP contribution in [0.5, 0.6) is 0 Å². The highest BCUT2D eigenvalue weighted by molar-refractivity contribution is 7.89. The molecule has 0 radical (unpaired) electrons. The third-order valence-electron chi connectivity index (χ3n) is 9.58. The minimum absolute atomic E-state index is 0.128. The van der Waals surface area contributed by atoms with Crippen molar-refractivity contribution in [2.45, 2.75) is 30.8 Å². The van der Waals surface area contributed by atoms with Crippen LogP contribution in [0.3, 0.4) is 0 Å². The van der Waals surface area contributed by atoms with E-state index in [0.29, 0.717) is 34.8 Å². The number of nitrogen functional groups attached to an aromatic ring is 1. The maximum absolute atomic E-state index is 12.4. The van der Waals surface area contributed by atoms with Crippen LogP contribution < -0.4 is 5.73 Å². The Morgan fingerprint density at radius 3 is 2.15 bits per heavy atom. The fourth-order valence-corrected chi connectivity index (χ4v) is 9.14. The van der Waals surface area contributed by atoms with Gasteiger partial charge in [-0.2, -0.15) is 24.1 Å². The van der Waals surface area contributed by atoms with Crippen molar-refractivity contribution < 1.29 is 26.3 Å². The van der Waals surface area contributed by atoms with Crippen LogP contribution in [-0.2, 0) is 31.1 Å². The van der Waals surface area contributed by atoms with E-state index in [2.05, 4.69) is 47.8 Å². The van der Waals surface area contributed by atoms with Crippen molar-refractivity contribution in [3.63, 3.8) is 0 Å². The summed E-state index contributed by atoms with van der Waals surface area (Å²) in [6.45, 7) is 5.23. The van der Waals surface area contributed by atoms with Gasteiger partial charge in [-0.25, -0.2) is 41.2 Å². The lowest BCUT2D eigenvalue weighted by molar-refractivity contribution is 0.0631. The number of rotatable bonds is 13. The molecule has 2 fully saturated rings. The van der Waals surface area contributed by atoms with Crippen LogP contribution in [0.25, 0.3) is 39.6 Å². The SMILES string of the molecule is C=Cc1c(N)ncnc1-c1cnn(C2(CC)CN(S(=O)(=O)CCF)C2)c1.N#CCC1(n2cc(-c3ncnc4[nH]ccc34)cn2)CN(S(=O)(=O)CCO)C1. The number of aliphatic hydroxyl groups is 1. The number of hydrogen-bond acceptors (Lipinski definition) is 13. The van der Waals surface area contributed by atoms with E-state index in [1.54, 1.807) is 40.2 Å². The second-order valence-corrected chi connectivity index (χ2v) is 16.9. The molecule has 2 aliphatic rings. The zero-order valence-corrected chi connectivity index (χ0v) is 30.4. The van der Waals surface area contributed by atoms with Gasteiger partial charge in [0.25, 0.3) is 0 Å². The molecular formula is C32H38FN13O5S2. The number of sulfonamides is 2. The molecule has 53 heavy (non-hydrogen) atoms. The van der Waals surface area contributed by atoms with Crippen molar-refractivity contribution in [1.82, 2.24) is 53.1 Å². The van der Waals surface area contributed by atoms with Gasteiger partial charge in [-0.05, 0) is 12.5 Å². The molecule has 0 unspecified atom stereocenters. The summed E-state index contributed by atoms with van der Waals surface area (Å²) in [6.07, 6.45) is 13.9. The van der Waals surface area contributed by atoms with Gasteiger partial charge >= 0.3 is 0 Å². The molecule has 18 nitrogen and oxygen atoms in total. The number of aliphatic hydroxyl groups excluding tert-OH is 1. The second kappa shape index (κ2) is 14.7. The lowest BCUT2D eigenvalue weighted by atomic mass is 9.89. The first-order chi connectivity index (χ1) is 25.4. The molecular weight excluding hydrogens is 730 g/mol. The third-order valence-corrected chi connectivity index (χ3v) is 13.0. The highest BCUT2D eigenvalue weighted by Gasteiger charge is 2.50. The predicted octanol–water partition coefficient (Wildman–Crippen LogP) is 1.35. The smallest absolute Gasteiger partial charge is 0.216 e. The van der Waals surface area contributed by atoms with E-state index in [1.807, 2.05) is 19.2 Å². The molecule has 5 aromatic heterocycles. The Hall–Kier alpha value is -5.14. The molecule has 7 rings (SSSR count). The van der Waals surface area contributed by atoms with E-state index < -0.39 is 50.2 Å². The van der Waals surface area contributed by atoms with E-state index in [1.165, 1.54) is 21.3 Å². The number of aromatic nitrogens is 9. The lowest BCUT2D eigenvalue weighted by Crippen LogP contribution is -2.64. The monoisotopic (exact) mass is 767 g/mol. The Morgan fingerprint density at radius 1 is 0.962 bits per heavy atom. The summed E-state index contributed by atoms with van der Waals surface area (Å²) in [5.41, 5.74) is 8.86. The number of fused-ring (bicyclic) bond motifs is 1. The maximum atomic E-state index is 12.4. The van der Waals surface area contributed by atoms with E-state index in [-0.39, 0.29) is 38.4 Å². The maximum Gasteiger partial charge on any atom is 0.216 e. The molecule has 0 spiro atoms. The standard InChI is InChI=1S/C16H21FN6O2S.C16H17N7O3S/c1-3-13-14(19-11-20-15(13)18)12-7-21-23(8-12)16(4-2)9-22(10-16)26(24,25)6-5-17;17-3-2-16(9-22(10-16)27(25,26)6-5-24)23-8-12(7-21-23)14-13-1-4-18-15(13)20-11-19-14/h3,7-8,11H,1,4-6,9-10H2,2H3,(H2,18,19,20);1,4,7-8,11,24H,2,5-6,9-10H2,(H,18,19,20). The van der Waals surface area contributed by atoms with Crippen LogP contribution in [0.4, 0.5) is 10.2 Å². The van der Waals surface area contributed by atoms with Crippen LogP contribution in [0.1, 0.15) is 25.3 Å². The van der Waals surface area contributed by atoms with Crippen LogP contribution in [0.15, 0.2) is 56.3 Å². The van der Waals surface area contributed by atoms with Gasteiger partial charge in [-0.1, -0.05) is 19.6 Å². The summed E-state index contributed by atoms with van der Waals surface area (Å²) in [4.78, 5) is 19.7. The largest absolute Gasteiger partial charge is 0.395 e. The zero-order valence-electron chi connectivity index (χ0n) is 28.7. The van der Waals surface area contributed by atoms with Crippen LogP contribution >= 0.6 is 0 Å². The highest BCUT2D eigenvalue weighted by atomic mass is 32.2. The number of alkyl halides is 1. The fraction of sp³-hybridized carbons (Fsp3) is 0.406. The summed E-state index contributed by atoms with van der Waals surface area (Å²) in [5.74, 6) is -0.484. The second-order valence-electron chi connectivity index (χ2n) is 12.8. The predicted molar refractivity (Wildman–Crippen MR) is 193 cm³/mol. The van der Waals surface area contributed by atoms with Gasteiger partial charge in [0.05, 0.1) is 59.9 Å². The van der Waals surface area contributed by atoms with E-state index >= 15 is 0 Å². The number of anilines is 1. The lowest BCUT2D eigenvalue weighted by Gasteiger charge is -2.48. The topological polar surface area (TPSA) is 248 Å². The van der Waals surface area contributed by atoms with Crippen molar-refractivity contribution in [1.29, 1.82) is 5.26 Å². The van der Waals surface area contributed by atoms with Gasteiger partial charge < -0.3 is 15.8 Å². The molecule has 0 amide bonds. The van der Waals surface area contributed by atoms with Crippen LogP contribution in [0.2, 0.25) is 0 Å². The third kappa shape index (κ3) is 7.03. The number of aromatic amines is 1. The number of nitrogens with two attached hydrogens (primary N) is 1. The van der Waals surface area contributed by atoms with Gasteiger partial charge in [0.15, 0.2) is 0 Å². The molecule has 0 bridgehead atoms. The minimum Gasteiger partial charge on any atom is -0.395 e. The number of nitrogens with one attached hydrogen (secondary N) is 1. The Balaban J connectivity index is 0.000000182. The molecule has 7 heterocycles. The summed E-state index contributed by atoms with van der Waals surface area (Å²) in [6, 6.07) is 4.00. The first-order valence-electron chi connectivity index (χ1n) is 16.5. The van der Waals surface area contributed by atoms with Gasteiger partial charge in [0, 0.05) is 66.8 Å². The van der Waals surface area contributed by atoms with Crippen LogP contribution in [0, 0.1) is 11.3 Å².